The highest BCUT2D eigenvalue weighted by Gasteiger charge is 2.39. The lowest BCUT2D eigenvalue weighted by Crippen LogP contribution is -2.21. The molecule has 1 atom stereocenters. The lowest BCUT2D eigenvalue weighted by molar-refractivity contribution is -0.135. The number of carbonyl (C=O) groups excluding carboxylic acids is 2. The monoisotopic (exact) mass is 534 g/mol. The molecule has 2 heterocycles. The van der Waals surface area contributed by atoms with Crippen molar-refractivity contribution in [2.24, 2.45) is 0 Å². The number of carbonyl (C=O) groups is 2. The predicted molar refractivity (Wildman–Crippen MR) is 139 cm³/mol. The number of ketones is 1. The average Bonchev–Trinajstić information content (AvgIpc) is 3.26. The molecule has 0 saturated heterocycles. The smallest absolute Gasteiger partial charge is 0.312 e. The zero-order valence-corrected chi connectivity index (χ0v) is 21.9. The van der Waals surface area contributed by atoms with E-state index in [1.165, 1.54) is 35.5 Å². The Morgan fingerprint density at radius 3 is 2.03 bits per heavy atom. The number of fused-ring (bicyclic) bond motifs is 3. The van der Waals surface area contributed by atoms with E-state index in [0.29, 0.717) is 39.5 Å². The number of Topliss-reactive ketones (excluding diaryl/α,β-unsaturated/α-hetero) is 1. The summed E-state index contributed by atoms with van der Waals surface area (Å²) in [6.45, 7) is 0. The van der Waals surface area contributed by atoms with Crippen LogP contribution in [0.3, 0.4) is 0 Å². The lowest BCUT2D eigenvalue weighted by atomic mass is 9.84. The number of aromatic hydroxyl groups is 1. The molecule has 10 heteroatoms. The first-order chi connectivity index (χ1) is 18.8. The van der Waals surface area contributed by atoms with Crippen molar-refractivity contribution in [1.82, 2.24) is 0 Å². The summed E-state index contributed by atoms with van der Waals surface area (Å²) in [5.74, 6) is 0.810. The molecule has 2 aliphatic rings. The SMILES string of the molecule is COc1cc(OC)c(OC)cc1/C=C1/Oc2c(ccc3c2[C@H](c2cc(OC)c(O)c(OC)c2)CC(=O)O3)C1=O. The summed E-state index contributed by atoms with van der Waals surface area (Å²) >= 11 is 0. The van der Waals surface area contributed by atoms with Crippen LogP contribution < -0.4 is 33.2 Å². The van der Waals surface area contributed by atoms with E-state index < -0.39 is 11.9 Å². The predicted octanol–water partition coefficient (Wildman–Crippen LogP) is 4.49. The molecular weight excluding hydrogens is 508 g/mol. The summed E-state index contributed by atoms with van der Waals surface area (Å²) in [7, 11) is 7.36. The molecule has 3 aromatic carbocycles. The summed E-state index contributed by atoms with van der Waals surface area (Å²) in [6.07, 6.45) is 1.53. The normalized spacial score (nSPS) is 16.6. The highest BCUT2D eigenvalue weighted by molar-refractivity contribution is 6.15. The molecule has 3 aromatic rings. The second-order valence-electron chi connectivity index (χ2n) is 8.75. The van der Waals surface area contributed by atoms with Crippen molar-refractivity contribution in [2.75, 3.05) is 35.5 Å². The van der Waals surface area contributed by atoms with Crippen LogP contribution in [0.5, 0.6) is 46.0 Å². The van der Waals surface area contributed by atoms with E-state index in [2.05, 4.69) is 0 Å². The van der Waals surface area contributed by atoms with Crippen molar-refractivity contribution in [2.45, 2.75) is 12.3 Å². The number of rotatable bonds is 7. The fourth-order valence-corrected chi connectivity index (χ4v) is 4.81. The van der Waals surface area contributed by atoms with Crippen molar-refractivity contribution in [3.63, 3.8) is 0 Å². The van der Waals surface area contributed by atoms with E-state index in [1.54, 1.807) is 42.5 Å². The van der Waals surface area contributed by atoms with Crippen LogP contribution in [0.15, 0.2) is 42.2 Å². The van der Waals surface area contributed by atoms with Gasteiger partial charge in [0.1, 0.15) is 17.2 Å². The maximum atomic E-state index is 13.4. The molecule has 0 fully saturated rings. The van der Waals surface area contributed by atoms with Gasteiger partial charge in [-0.15, -0.1) is 0 Å². The van der Waals surface area contributed by atoms with Gasteiger partial charge >= 0.3 is 5.97 Å². The average molecular weight is 535 g/mol. The number of methoxy groups -OCH3 is 5. The van der Waals surface area contributed by atoms with Gasteiger partial charge in [0.2, 0.25) is 11.5 Å². The number of phenolic OH excluding ortho intramolecular Hbond substituents is 1. The second-order valence-corrected chi connectivity index (χ2v) is 8.75. The van der Waals surface area contributed by atoms with Crippen LogP contribution in [0.1, 0.15) is 39.4 Å². The molecular formula is C29H26O10. The van der Waals surface area contributed by atoms with Gasteiger partial charge < -0.3 is 38.3 Å². The van der Waals surface area contributed by atoms with Crippen LogP contribution in [-0.2, 0) is 4.79 Å². The van der Waals surface area contributed by atoms with E-state index in [0.717, 1.165) is 0 Å². The Kier molecular flexibility index (Phi) is 6.69. The summed E-state index contributed by atoms with van der Waals surface area (Å²) in [4.78, 5) is 26.0. The first-order valence-corrected chi connectivity index (χ1v) is 11.9. The number of esters is 1. The number of hydrogen-bond acceptors (Lipinski definition) is 10. The minimum Gasteiger partial charge on any atom is -0.502 e. The number of phenols is 1. The Hall–Kier alpha value is -4.86. The molecule has 10 nitrogen and oxygen atoms in total. The van der Waals surface area contributed by atoms with E-state index in [-0.39, 0.29) is 46.7 Å². The van der Waals surface area contributed by atoms with Gasteiger partial charge in [-0.3, -0.25) is 9.59 Å². The van der Waals surface area contributed by atoms with Crippen LogP contribution >= 0.6 is 0 Å². The molecule has 0 unspecified atom stereocenters. The van der Waals surface area contributed by atoms with E-state index in [4.69, 9.17) is 33.2 Å². The minimum atomic E-state index is -0.567. The lowest BCUT2D eigenvalue weighted by Gasteiger charge is -2.27. The van der Waals surface area contributed by atoms with Gasteiger partial charge in [-0.25, -0.2) is 0 Å². The highest BCUT2D eigenvalue weighted by Crippen LogP contribution is 2.51. The third kappa shape index (κ3) is 4.33. The van der Waals surface area contributed by atoms with Crippen molar-refractivity contribution in [3.05, 3.63) is 64.4 Å². The van der Waals surface area contributed by atoms with Gasteiger partial charge in [-0.05, 0) is 42.0 Å². The van der Waals surface area contributed by atoms with E-state index in [1.807, 2.05) is 0 Å². The van der Waals surface area contributed by atoms with Gasteiger partial charge in [-0.2, -0.15) is 0 Å². The maximum Gasteiger partial charge on any atom is 0.312 e. The molecule has 0 spiro atoms. The zero-order chi connectivity index (χ0) is 27.8. The molecule has 5 rings (SSSR count). The summed E-state index contributed by atoms with van der Waals surface area (Å²) in [6, 6.07) is 9.71. The van der Waals surface area contributed by atoms with Crippen LogP contribution in [0.2, 0.25) is 0 Å². The van der Waals surface area contributed by atoms with Crippen molar-refractivity contribution in [3.8, 4) is 46.0 Å². The van der Waals surface area contributed by atoms with Crippen LogP contribution in [0, 0.1) is 0 Å². The van der Waals surface area contributed by atoms with Crippen LogP contribution in [-0.4, -0.2) is 52.4 Å². The minimum absolute atomic E-state index is 0.0271. The topological polar surface area (TPSA) is 119 Å². The fraction of sp³-hybridized carbons (Fsp3) is 0.241. The Morgan fingerprint density at radius 2 is 1.41 bits per heavy atom. The molecule has 1 N–H and O–H groups in total. The van der Waals surface area contributed by atoms with Gasteiger partial charge in [0.15, 0.2) is 28.8 Å². The molecule has 0 aromatic heterocycles. The van der Waals surface area contributed by atoms with Gasteiger partial charge in [0.25, 0.3) is 0 Å². The van der Waals surface area contributed by atoms with Gasteiger partial charge in [-0.1, -0.05) is 0 Å². The Balaban J connectivity index is 1.63. The molecule has 0 saturated carbocycles. The van der Waals surface area contributed by atoms with Crippen molar-refractivity contribution < 1.29 is 47.9 Å². The molecule has 0 aliphatic carbocycles. The fourth-order valence-electron chi connectivity index (χ4n) is 4.81. The molecule has 2 aliphatic heterocycles. The molecule has 0 radical (unpaired) electrons. The maximum absolute atomic E-state index is 13.4. The number of allylic oxidation sites excluding steroid dienone is 1. The number of ether oxygens (including phenoxy) is 7. The van der Waals surface area contributed by atoms with Crippen molar-refractivity contribution >= 4 is 17.8 Å². The second kappa shape index (κ2) is 10.1. The molecule has 0 bridgehead atoms. The first-order valence-electron chi connectivity index (χ1n) is 11.9. The molecule has 202 valence electrons. The Bertz CT molecular complexity index is 1500. The van der Waals surface area contributed by atoms with Crippen LogP contribution in [0.25, 0.3) is 6.08 Å². The van der Waals surface area contributed by atoms with Crippen LogP contribution in [0.4, 0.5) is 0 Å². The third-order valence-corrected chi connectivity index (χ3v) is 6.71. The van der Waals surface area contributed by atoms with Gasteiger partial charge in [0.05, 0.1) is 47.5 Å². The molecule has 39 heavy (non-hydrogen) atoms. The van der Waals surface area contributed by atoms with E-state index >= 15 is 0 Å². The molecule has 0 amide bonds. The van der Waals surface area contributed by atoms with Crippen molar-refractivity contribution in [1.29, 1.82) is 0 Å². The van der Waals surface area contributed by atoms with Gasteiger partial charge in [0, 0.05) is 23.1 Å². The zero-order valence-electron chi connectivity index (χ0n) is 21.9. The quantitative estimate of drug-likeness (QED) is 0.264. The summed E-state index contributed by atoms with van der Waals surface area (Å²) in [5, 5.41) is 10.4. The Labute approximate surface area is 224 Å². The highest BCUT2D eigenvalue weighted by atomic mass is 16.5. The third-order valence-electron chi connectivity index (χ3n) is 6.71. The standard InChI is InChI=1S/C29H26O10/c1-33-19-13-21(35-3)20(34-2)10-15(19)11-24-27(31)16-6-7-18-26(29(16)39-24)17(12-25(30)38-18)14-8-22(36-4)28(32)23(9-14)37-5/h6-11,13,17,32H,12H2,1-5H3/b24-11+/t17-/m0/s1. The van der Waals surface area contributed by atoms with E-state index in [9.17, 15) is 14.7 Å². The first kappa shape index (κ1) is 25.8. The summed E-state index contributed by atoms with van der Waals surface area (Å²) in [5.41, 5.74) is 2.00. The summed E-state index contributed by atoms with van der Waals surface area (Å²) < 4.78 is 38.5. The number of hydrogen-bond donors (Lipinski definition) is 1. The largest absolute Gasteiger partial charge is 0.502 e. The Morgan fingerprint density at radius 1 is 0.795 bits per heavy atom. The number of benzene rings is 3.